The summed E-state index contributed by atoms with van der Waals surface area (Å²) in [6.07, 6.45) is 0.670. The van der Waals surface area contributed by atoms with Gasteiger partial charge in [-0.1, -0.05) is 0 Å². The van der Waals surface area contributed by atoms with E-state index < -0.39 is 12.1 Å². The molecule has 0 radical (unpaired) electrons. The summed E-state index contributed by atoms with van der Waals surface area (Å²) < 4.78 is 10.3. The number of ether oxygens (including phenoxy) is 2. The Balaban J connectivity index is 1.96. The maximum absolute atomic E-state index is 11.7. The molecule has 1 heterocycles. The number of aliphatic hydroxyl groups excluding tert-OH is 1. The fraction of sp³-hybridized carbons (Fsp3) is 0.286. The van der Waals surface area contributed by atoms with Crippen LogP contribution < -0.4 is 20.1 Å². The van der Waals surface area contributed by atoms with E-state index in [-0.39, 0.29) is 6.54 Å². The number of hydrogen-bond donors (Lipinski definition) is 3. The molecule has 118 valence electrons. The van der Waals surface area contributed by atoms with Crippen LogP contribution in [0.1, 0.15) is 11.7 Å². The fourth-order valence-electron chi connectivity index (χ4n) is 1.83. The number of benzene rings is 1. The van der Waals surface area contributed by atoms with E-state index in [9.17, 15) is 9.90 Å². The Hall–Kier alpha value is -2.32. The molecule has 7 nitrogen and oxygen atoms in total. The maximum Gasteiger partial charge on any atom is 0.321 e. The van der Waals surface area contributed by atoms with Crippen molar-refractivity contribution in [1.82, 2.24) is 10.3 Å². The van der Waals surface area contributed by atoms with Crippen molar-refractivity contribution in [3.8, 4) is 11.5 Å². The van der Waals surface area contributed by atoms with E-state index >= 15 is 0 Å². The van der Waals surface area contributed by atoms with Crippen LogP contribution in [0.5, 0.6) is 11.5 Å². The molecule has 8 heteroatoms. The van der Waals surface area contributed by atoms with Gasteiger partial charge in [-0.2, -0.15) is 0 Å². The second-order valence-corrected chi connectivity index (χ2v) is 5.19. The predicted octanol–water partition coefficient (Wildman–Crippen LogP) is 2.02. The number of nitrogens with zero attached hydrogens (tertiary/aromatic N) is 1. The van der Waals surface area contributed by atoms with Crippen LogP contribution in [0.25, 0.3) is 0 Å². The molecule has 22 heavy (non-hydrogen) atoms. The van der Waals surface area contributed by atoms with Crippen molar-refractivity contribution in [3.63, 3.8) is 0 Å². The number of amides is 2. The number of anilines is 1. The molecule has 0 bridgehead atoms. The first kappa shape index (κ1) is 16.1. The van der Waals surface area contributed by atoms with E-state index in [2.05, 4.69) is 15.6 Å². The van der Waals surface area contributed by atoms with Crippen molar-refractivity contribution < 1.29 is 19.4 Å². The topological polar surface area (TPSA) is 92.7 Å². The molecule has 0 aliphatic rings. The number of thiazole rings is 1. The van der Waals surface area contributed by atoms with Gasteiger partial charge in [0.1, 0.15) is 17.6 Å². The van der Waals surface area contributed by atoms with Gasteiger partial charge < -0.3 is 19.9 Å². The second kappa shape index (κ2) is 7.62. The van der Waals surface area contributed by atoms with Crippen LogP contribution >= 0.6 is 11.3 Å². The number of urea groups is 1. The lowest BCUT2D eigenvalue weighted by Gasteiger charge is -2.16. The van der Waals surface area contributed by atoms with Gasteiger partial charge in [0.05, 0.1) is 14.2 Å². The van der Waals surface area contributed by atoms with Crippen LogP contribution in [0, 0.1) is 0 Å². The zero-order valence-electron chi connectivity index (χ0n) is 12.2. The predicted molar refractivity (Wildman–Crippen MR) is 83.6 cm³/mol. The first-order chi connectivity index (χ1) is 10.6. The van der Waals surface area contributed by atoms with Gasteiger partial charge in [-0.05, 0) is 18.2 Å². The third kappa shape index (κ3) is 4.09. The summed E-state index contributed by atoms with van der Waals surface area (Å²) in [5.74, 6) is 1.12. The normalized spacial score (nSPS) is 11.6. The molecule has 0 aliphatic heterocycles. The minimum atomic E-state index is -0.924. The van der Waals surface area contributed by atoms with Crippen molar-refractivity contribution >= 4 is 22.5 Å². The third-order valence-corrected chi connectivity index (χ3v) is 3.59. The minimum absolute atomic E-state index is 0.0285. The van der Waals surface area contributed by atoms with Crippen molar-refractivity contribution in [3.05, 3.63) is 35.3 Å². The Morgan fingerprint density at radius 1 is 1.41 bits per heavy atom. The molecule has 2 amide bonds. The van der Waals surface area contributed by atoms with Crippen LogP contribution in [0.15, 0.2) is 29.8 Å². The van der Waals surface area contributed by atoms with Crippen molar-refractivity contribution in [1.29, 1.82) is 0 Å². The molecular weight excluding hydrogens is 306 g/mol. The van der Waals surface area contributed by atoms with E-state index in [1.54, 1.807) is 29.8 Å². The molecule has 0 saturated carbocycles. The van der Waals surface area contributed by atoms with Gasteiger partial charge in [0, 0.05) is 23.7 Å². The van der Waals surface area contributed by atoms with E-state index in [0.717, 1.165) is 0 Å². The zero-order valence-corrected chi connectivity index (χ0v) is 13.0. The summed E-state index contributed by atoms with van der Waals surface area (Å²) in [6, 6.07) is 4.67. The van der Waals surface area contributed by atoms with E-state index in [0.29, 0.717) is 22.2 Å². The second-order valence-electron chi connectivity index (χ2n) is 4.30. The number of aliphatic hydroxyl groups is 1. The van der Waals surface area contributed by atoms with E-state index in [4.69, 9.17) is 9.47 Å². The Morgan fingerprint density at radius 3 is 2.86 bits per heavy atom. The molecular formula is C14H17N3O4S. The van der Waals surface area contributed by atoms with Gasteiger partial charge in [0.15, 0.2) is 5.13 Å². The summed E-state index contributed by atoms with van der Waals surface area (Å²) in [5.41, 5.74) is 0.538. The summed E-state index contributed by atoms with van der Waals surface area (Å²) >= 11 is 1.31. The molecule has 0 fully saturated rings. The number of nitrogens with one attached hydrogen (secondary N) is 2. The summed E-state index contributed by atoms with van der Waals surface area (Å²) in [6.45, 7) is 0.0285. The highest BCUT2D eigenvalue weighted by Crippen LogP contribution is 2.29. The van der Waals surface area contributed by atoms with Gasteiger partial charge in [-0.25, -0.2) is 9.78 Å². The molecule has 0 unspecified atom stereocenters. The van der Waals surface area contributed by atoms with Crippen LogP contribution in [-0.4, -0.2) is 36.9 Å². The Labute approximate surface area is 131 Å². The van der Waals surface area contributed by atoms with Gasteiger partial charge in [-0.15, -0.1) is 11.3 Å². The van der Waals surface area contributed by atoms with Gasteiger partial charge in [0.2, 0.25) is 0 Å². The number of hydrogen-bond acceptors (Lipinski definition) is 6. The zero-order chi connectivity index (χ0) is 15.9. The number of aromatic nitrogens is 1. The summed E-state index contributed by atoms with van der Waals surface area (Å²) in [7, 11) is 3.05. The third-order valence-electron chi connectivity index (χ3n) is 2.90. The van der Waals surface area contributed by atoms with Gasteiger partial charge >= 0.3 is 6.03 Å². The van der Waals surface area contributed by atoms with E-state index in [1.165, 1.54) is 25.6 Å². The van der Waals surface area contributed by atoms with Crippen molar-refractivity contribution in [2.45, 2.75) is 6.10 Å². The molecule has 3 N–H and O–H groups in total. The number of methoxy groups -OCH3 is 2. The first-order valence-electron chi connectivity index (χ1n) is 6.48. The smallest absolute Gasteiger partial charge is 0.321 e. The number of rotatable bonds is 6. The standard InChI is InChI=1S/C14H17N3O4S/c1-20-9-3-4-12(21-2)10(7-9)11(18)8-16-13(19)17-14-15-5-6-22-14/h3-7,11,18H,8H2,1-2H3,(H2,15,16,17,19)/t11-/m0/s1. The van der Waals surface area contributed by atoms with Gasteiger partial charge in [0.25, 0.3) is 0 Å². The maximum atomic E-state index is 11.7. The van der Waals surface area contributed by atoms with Crippen LogP contribution in [0.4, 0.5) is 9.93 Å². The summed E-state index contributed by atoms with van der Waals surface area (Å²) in [5, 5.41) is 17.6. The van der Waals surface area contributed by atoms with Crippen LogP contribution in [0.2, 0.25) is 0 Å². The Morgan fingerprint density at radius 2 is 2.23 bits per heavy atom. The van der Waals surface area contributed by atoms with Crippen LogP contribution in [0.3, 0.4) is 0 Å². The number of carbonyl (C=O) groups is 1. The first-order valence-corrected chi connectivity index (χ1v) is 7.36. The van der Waals surface area contributed by atoms with Gasteiger partial charge in [-0.3, -0.25) is 5.32 Å². The lowest BCUT2D eigenvalue weighted by molar-refractivity contribution is 0.170. The average molecular weight is 323 g/mol. The molecule has 0 aliphatic carbocycles. The largest absolute Gasteiger partial charge is 0.497 e. The van der Waals surface area contributed by atoms with Crippen molar-refractivity contribution in [2.24, 2.45) is 0 Å². The Bertz CT molecular complexity index is 619. The molecule has 2 aromatic rings. The monoisotopic (exact) mass is 323 g/mol. The van der Waals surface area contributed by atoms with Crippen LogP contribution in [-0.2, 0) is 0 Å². The average Bonchev–Trinajstić information content (AvgIpc) is 3.04. The molecule has 1 aromatic carbocycles. The highest BCUT2D eigenvalue weighted by Gasteiger charge is 2.16. The molecule has 1 aromatic heterocycles. The minimum Gasteiger partial charge on any atom is -0.497 e. The quantitative estimate of drug-likeness (QED) is 0.756. The molecule has 0 saturated heterocycles. The fourth-order valence-corrected chi connectivity index (χ4v) is 2.35. The van der Waals surface area contributed by atoms with Crippen molar-refractivity contribution in [2.75, 3.05) is 26.1 Å². The highest BCUT2D eigenvalue weighted by atomic mass is 32.1. The molecule has 2 rings (SSSR count). The highest BCUT2D eigenvalue weighted by molar-refractivity contribution is 7.13. The lowest BCUT2D eigenvalue weighted by Crippen LogP contribution is -2.32. The van der Waals surface area contributed by atoms with E-state index in [1.807, 2.05) is 0 Å². The number of carbonyl (C=O) groups excluding carboxylic acids is 1. The lowest BCUT2D eigenvalue weighted by atomic mass is 10.1. The molecule has 1 atom stereocenters. The Kier molecular flexibility index (Phi) is 5.56. The summed E-state index contributed by atoms with van der Waals surface area (Å²) in [4.78, 5) is 15.6. The SMILES string of the molecule is COc1ccc(OC)c([C@@H](O)CNC(=O)Nc2nccs2)c1. The molecule has 0 spiro atoms.